The molecule has 6 nitrogen and oxygen atoms in total. The minimum absolute atomic E-state index is 0.00153. The van der Waals surface area contributed by atoms with Gasteiger partial charge >= 0.3 is 0 Å². The molecule has 0 bridgehead atoms. The average molecular weight is 379 g/mol. The summed E-state index contributed by atoms with van der Waals surface area (Å²) in [6.45, 7) is 2.97. The minimum Gasteiger partial charge on any atom is -0.359 e. The number of hydrogen-bond acceptors (Lipinski definition) is 3. The zero-order valence-corrected chi connectivity index (χ0v) is 16.2. The van der Waals surface area contributed by atoms with Gasteiger partial charge in [0.1, 0.15) is 0 Å². The van der Waals surface area contributed by atoms with Crippen LogP contribution in [-0.2, 0) is 27.3 Å². The van der Waals surface area contributed by atoms with E-state index in [1.807, 2.05) is 43.3 Å². The molecular formula is C22H25N3O3. The third-order valence-corrected chi connectivity index (χ3v) is 4.94. The van der Waals surface area contributed by atoms with Gasteiger partial charge in [-0.25, -0.2) is 0 Å². The number of anilines is 1. The van der Waals surface area contributed by atoms with Gasteiger partial charge in [-0.05, 0) is 30.2 Å². The molecule has 146 valence electrons. The summed E-state index contributed by atoms with van der Waals surface area (Å²) in [4.78, 5) is 38.0. The molecule has 0 saturated carbocycles. The predicted octanol–water partition coefficient (Wildman–Crippen LogP) is 2.27. The number of rotatable bonds is 6. The molecule has 3 amide bonds. The fourth-order valence-corrected chi connectivity index (χ4v) is 3.24. The number of carbonyl (C=O) groups excluding carboxylic acids is 3. The summed E-state index contributed by atoms with van der Waals surface area (Å²) in [6, 6.07) is 15.2. The second-order valence-corrected chi connectivity index (χ2v) is 7.20. The average Bonchev–Trinajstić information content (AvgIpc) is 3.05. The number of carbonyl (C=O) groups is 3. The Morgan fingerprint density at radius 3 is 2.32 bits per heavy atom. The topological polar surface area (TPSA) is 78.5 Å². The first-order valence-corrected chi connectivity index (χ1v) is 9.38. The number of aryl methyl sites for hydroxylation is 1. The van der Waals surface area contributed by atoms with Crippen molar-refractivity contribution in [2.75, 3.05) is 18.9 Å². The zero-order valence-electron chi connectivity index (χ0n) is 16.2. The first-order valence-electron chi connectivity index (χ1n) is 9.38. The Morgan fingerprint density at radius 2 is 1.68 bits per heavy atom. The maximum absolute atomic E-state index is 12.6. The highest BCUT2D eigenvalue weighted by Gasteiger charge is 2.34. The van der Waals surface area contributed by atoms with Gasteiger partial charge in [0.15, 0.2) is 0 Å². The van der Waals surface area contributed by atoms with E-state index in [9.17, 15) is 14.4 Å². The number of nitrogens with one attached hydrogen (secondary N) is 2. The van der Waals surface area contributed by atoms with Crippen LogP contribution in [0.15, 0.2) is 48.5 Å². The van der Waals surface area contributed by atoms with E-state index in [4.69, 9.17) is 0 Å². The predicted molar refractivity (Wildman–Crippen MR) is 108 cm³/mol. The van der Waals surface area contributed by atoms with Crippen LogP contribution in [0.3, 0.4) is 0 Å². The fraction of sp³-hybridized carbons (Fsp3) is 0.318. The van der Waals surface area contributed by atoms with Gasteiger partial charge in [0, 0.05) is 32.2 Å². The summed E-state index contributed by atoms with van der Waals surface area (Å²) in [7, 11) is 1.60. The van der Waals surface area contributed by atoms with Gasteiger partial charge in [0.25, 0.3) is 0 Å². The zero-order chi connectivity index (χ0) is 20.1. The molecule has 1 aliphatic rings. The van der Waals surface area contributed by atoms with Crippen LogP contribution < -0.4 is 10.6 Å². The lowest BCUT2D eigenvalue weighted by Crippen LogP contribution is -2.28. The summed E-state index contributed by atoms with van der Waals surface area (Å²) >= 11 is 0. The molecule has 1 saturated heterocycles. The number of amides is 3. The van der Waals surface area contributed by atoms with Gasteiger partial charge in [0.2, 0.25) is 17.7 Å². The van der Waals surface area contributed by atoms with Crippen LogP contribution in [0.25, 0.3) is 0 Å². The molecule has 2 aromatic rings. The van der Waals surface area contributed by atoms with Crippen molar-refractivity contribution in [3.63, 3.8) is 0 Å². The van der Waals surface area contributed by atoms with E-state index < -0.39 is 0 Å². The molecule has 2 N–H and O–H groups in total. The van der Waals surface area contributed by atoms with Gasteiger partial charge in [0.05, 0.1) is 12.3 Å². The summed E-state index contributed by atoms with van der Waals surface area (Å²) in [5.74, 6) is -0.570. The lowest BCUT2D eigenvalue weighted by molar-refractivity contribution is -0.128. The molecule has 2 aromatic carbocycles. The van der Waals surface area contributed by atoms with E-state index in [-0.39, 0.29) is 30.1 Å². The lowest BCUT2D eigenvalue weighted by Gasteiger charge is -2.17. The molecule has 0 spiro atoms. The van der Waals surface area contributed by atoms with Crippen LogP contribution in [0, 0.1) is 12.8 Å². The largest absolute Gasteiger partial charge is 0.359 e. The Kier molecular flexibility index (Phi) is 6.09. The van der Waals surface area contributed by atoms with Crippen molar-refractivity contribution in [2.45, 2.75) is 26.3 Å². The van der Waals surface area contributed by atoms with Crippen LogP contribution in [-0.4, -0.2) is 36.2 Å². The van der Waals surface area contributed by atoms with Crippen molar-refractivity contribution >= 4 is 23.4 Å². The molecular weight excluding hydrogens is 354 g/mol. The monoisotopic (exact) mass is 379 g/mol. The molecule has 1 fully saturated rings. The Morgan fingerprint density at radius 1 is 1.04 bits per heavy atom. The van der Waals surface area contributed by atoms with E-state index in [2.05, 4.69) is 10.6 Å². The Balaban J connectivity index is 1.55. The van der Waals surface area contributed by atoms with Crippen molar-refractivity contribution in [3.05, 3.63) is 65.2 Å². The number of likely N-dealkylation sites (N-methyl/N-ethyl adjacent to an activating group) is 1. The lowest BCUT2D eigenvalue weighted by atomic mass is 10.1. The van der Waals surface area contributed by atoms with Gasteiger partial charge in [-0.15, -0.1) is 0 Å². The van der Waals surface area contributed by atoms with Crippen LogP contribution in [0.2, 0.25) is 0 Å². The first-order chi connectivity index (χ1) is 13.4. The highest BCUT2D eigenvalue weighted by molar-refractivity contribution is 5.97. The van der Waals surface area contributed by atoms with Crippen molar-refractivity contribution in [1.82, 2.24) is 10.2 Å². The van der Waals surface area contributed by atoms with Crippen molar-refractivity contribution in [3.8, 4) is 0 Å². The number of nitrogens with zero attached hydrogens (tertiary/aromatic N) is 1. The number of likely N-dealkylation sites (tertiary alicyclic amines) is 1. The van der Waals surface area contributed by atoms with Gasteiger partial charge in [-0.1, -0.05) is 42.0 Å². The SMILES string of the molecule is CNC(=O)Cc1ccc(NC(=O)C2CC(=O)N(Cc3ccc(C)cc3)C2)cc1. The Bertz CT molecular complexity index is 860. The molecule has 0 aromatic heterocycles. The van der Waals surface area contributed by atoms with Crippen molar-refractivity contribution < 1.29 is 14.4 Å². The second kappa shape index (κ2) is 8.69. The summed E-state index contributed by atoms with van der Waals surface area (Å²) < 4.78 is 0. The molecule has 28 heavy (non-hydrogen) atoms. The second-order valence-electron chi connectivity index (χ2n) is 7.20. The van der Waals surface area contributed by atoms with E-state index >= 15 is 0 Å². The standard InChI is InChI=1S/C22H25N3O3/c1-15-3-5-17(6-4-15)13-25-14-18(12-21(25)27)22(28)24-19-9-7-16(8-10-19)11-20(26)23-2/h3-10,18H,11-14H2,1-2H3,(H,23,26)(H,24,28). The van der Waals surface area contributed by atoms with Crippen LogP contribution in [0.1, 0.15) is 23.1 Å². The minimum atomic E-state index is -0.358. The van der Waals surface area contributed by atoms with E-state index in [0.29, 0.717) is 25.2 Å². The van der Waals surface area contributed by atoms with Crippen LogP contribution in [0.5, 0.6) is 0 Å². The van der Waals surface area contributed by atoms with Crippen molar-refractivity contribution in [2.24, 2.45) is 5.92 Å². The maximum atomic E-state index is 12.6. The molecule has 1 heterocycles. The highest BCUT2D eigenvalue weighted by atomic mass is 16.2. The summed E-state index contributed by atoms with van der Waals surface area (Å²) in [6.07, 6.45) is 0.530. The smallest absolute Gasteiger partial charge is 0.229 e. The summed E-state index contributed by atoms with van der Waals surface area (Å²) in [5, 5.41) is 5.45. The molecule has 1 unspecified atom stereocenters. The molecule has 0 radical (unpaired) electrons. The van der Waals surface area contributed by atoms with Crippen molar-refractivity contribution in [1.29, 1.82) is 0 Å². The van der Waals surface area contributed by atoms with E-state index in [1.165, 1.54) is 5.56 Å². The third kappa shape index (κ3) is 4.97. The van der Waals surface area contributed by atoms with E-state index in [1.54, 1.807) is 24.1 Å². The molecule has 1 atom stereocenters. The fourth-order valence-electron chi connectivity index (χ4n) is 3.24. The molecule has 0 aliphatic carbocycles. The number of hydrogen-bond donors (Lipinski definition) is 2. The molecule has 1 aliphatic heterocycles. The summed E-state index contributed by atoms with van der Waals surface area (Å²) in [5.41, 5.74) is 3.77. The highest BCUT2D eigenvalue weighted by Crippen LogP contribution is 2.22. The quantitative estimate of drug-likeness (QED) is 0.808. The van der Waals surface area contributed by atoms with E-state index in [0.717, 1.165) is 11.1 Å². The third-order valence-electron chi connectivity index (χ3n) is 4.94. The number of benzene rings is 2. The van der Waals surface area contributed by atoms with Crippen LogP contribution in [0.4, 0.5) is 5.69 Å². The first kappa shape index (κ1) is 19.6. The molecule has 6 heteroatoms. The van der Waals surface area contributed by atoms with Gasteiger partial charge < -0.3 is 15.5 Å². The molecule has 3 rings (SSSR count). The Hall–Kier alpha value is -3.15. The van der Waals surface area contributed by atoms with Gasteiger partial charge in [-0.3, -0.25) is 14.4 Å². The van der Waals surface area contributed by atoms with Crippen LogP contribution >= 0.6 is 0 Å². The Labute approximate surface area is 164 Å². The normalized spacial score (nSPS) is 16.1. The maximum Gasteiger partial charge on any atom is 0.229 e. The van der Waals surface area contributed by atoms with Gasteiger partial charge in [-0.2, -0.15) is 0 Å².